The maximum absolute atomic E-state index is 15.0. The number of anilines is 1. The molecule has 0 saturated heterocycles. The molecule has 6 aromatic rings. The van der Waals surface area contributed by atoms with E-state index in [1.165, 1.54) is 10.7 Å². The summed E-state index contributed by atoms with van der Waals surface area (Å²) >= 11 is 0.982. The average Bonchev–Trinajstić information content (AvgIpc) is 3.48. The van der Waals surface area contributed by atoms with E-state index in [2.05, 4.69) is 5.27 Å². The fourth-order valence-electron chi connectivity index (χ4n) is 4.42. The molecule has 0 aliphatic carbocycles. The summed E-state index contributed by atoms with van der Waals surface area (Å²) < 4.78 is 35.0. The number of aromatic amines is 1. The van der Waals surface area contributed by atoms with Crippen LogP contribution in [0.2, 0.25) is 0 Å². The average molecular weight is 542 g/mol. The maximum Gasteiger partial charge on any atom is 0.439 e. The summed E-state index contributed by atoms with van der Waals surface area (Å²) in [6.07, 6.45) is 0. The van der Waals surface area contributed by atoms with Crippen LogP contribution in [0, 0.1) is 18.6 Å². The number of ketones is 1. The largest absolute Gasteiger partial charge is 0.439 e. The number of nitrogen functional groups attached to an aromatic ring is 1. The van der Waals surface area contributed by atoms with Gasteiger partial charge in [0.05, 0.1) is 11.4 Å². The van der Waals surface area contributed by atoms with Crippen LogP contribution in [0.15, 0.2) is 88.2 Å². The molecule has 0 fully saturated rings. The van der Waals surface area contributed by atoms with Crippen molar-refractivity contribution in [2.24, 2.45) is 0 Å². The van der Waals surface area contributed by atoms with Crippen molar-refractivity contribution in [3.05, 3.63) is 117 Å². The number of nitrogens with two attached hydrogens (primary N) is 1. The number of H-pyrrole nitrogens is 1. The molecule has 192 valence electrons. The van der Waals surface area contributed by atoms with E-state index in [1.54, 1.807) is 18.2 Å². The number of carbonyl (C=O) groups is 1. The number of halogens is 2. The number of hydrogen-bond donors (Lipinski definition) is 2. The monoisotopic (exact) mass is 541 g/mol. The molecule has 0 aliphatic rings. The first-order valence-electron chi connectivity index (χ1n) is 11.8. The van der Waals surface area contributed by atoms with Crippen LogP contribution in [0.25, 0.3) is 38.3 Å². The predicted molar refractivity (Wildman–Crippen MR) is 144 cm³/mol. The highest BCUT2D eigenvalue weighted by atomic mass is 32.1. The highest BCUT2D eigenvalue weighted by Gasteiger charge is 2.35. The van der Waals surface area contributed by atoms with E-state index in [-0.39, 0.29) is 21.8 Å². The molecule has 39 heavy (non-hydrogen) atoms. The van der Waals surface area contributed by atoms with Crippen LogP contribution in [0.5, 0.6) is 0 Å². The Kier molecular flexibility index (Phi) is 5.88. The third kappa shape index (κ3) is 4.20. The standard InChI is InChI=1S/C29H18F2N4O3S/c1-15-7-10-18(11-8-15)35-25(29(37)38-34-35)26(36)27-24(32)23-20(19-12-9-17(30)13-21(19)31)14-22(33-28(23)39-27)16-5-3-2-4-6-16/h2-14H,1H3,(H2-,32,34,36,37)/p+1. The van der Waals surface area contributed by atoms with Crippen LogP contribution in [-0.2, 0) is 0 Å². The summed E-state index contributed by atoms with van der Waals surface area (Å²) in [6.45, 7) is 1.91. The summed E-state index contributed by atoms with van der Waals surface area (Å²) in [5.41, 5.74) is 8.60. The van der Waals surface area contributed by atoms with Gasteiger partial charge in [-0.1, -0.05) is 48.0 Å². The zero-order valence-electron chi connectivity index (χ0n) is 20.4. The highest BCUT2D eigenvalue weighted by Crippen LogP contribution is 2.42. The van der Waals surface area contributed by atoms with E-state index >= 15 is 4.39 Å². The van der Waals surface area contributed by atoms with Crippen molar-refractivity contribution in [3.63, 3.8) is 0 Å². The van der Waals surface area contributed by atoms with Gasteiger partial charge in [0.1, 0.15) is 21.3 Å². The van der Waals surface area contributed by atoms with Crippen molar-refractivity contribution < 1.29 is 22.8 Å². The van der Waals surface area contributed by atoms with E-state index in [9.17, 15) is 14.0 Å². The van der Waals surface area contributed by atoms with Crippen LogP contribution < -0.4 is 16.0 Å². The van der Waals surface area contributed by atoms with Crippen LogP contribution in [0.1, 0.15) is 20.9 Å². The van der Waals surface area contributed by atoms with E-state index in [0.29, 0.717) is 27.2 Å². The van der Waals surface area contributed by atoms with E-state index in [4.69, 9.17) is 15.2 Å². The van der Waals surface area contributed by atoms with E-state index in [0.717, 1.165) is 34.6 Å². The Hall–Kier alpha value is -4.96. The molecule has 0 spiro atoms. The smallest absolute Gasteiger partial charge is 0.397 e. The molecule has 0 amide bonds. The lowest BCUT2D eigenvalue weighted by Gasteiger charge is -2.10. The zero-order valence-corrected chi connectivity index (χ0v) is 21.2. The number of nitrogens with one attached hydrogen (secondary N) is 1. The molecule has 6 rings (SSSR count). The lowest BCUT2D eigenvalue weighted by atomic mass is 9.98. The fourth-order valence-corrected chi connectivity index (χ4v) is 5.48. The van der Waals surface area contributed by atoms with Crippen LogP contribution in [0.3, 0.4) is 0 Å². The maximum atomic E-state index is 15.0. The molecular formula is C29H19F2N4O3S+. The van der Waals surface area contributed by atoms with Gasteiger partial charge in [0.2, 0.25) is 5.69 Å². The number of pyridine rings is 1. The molecular weight excluding hydrogens is 522 g/mol. The molecule has 3 heterocycles. The van der Waals surface area contributed by atoms with Crippen LogP contribution in [-0.4, -0.2) is 16.0 Å². The van der Waals surface area contributed by atoms with Gasteiger partial charge >= 0.3 is 11.3 Å². The van der Waals surface area contributed by atoms with Crippen molar-refractivity contribution in [2.45, 2.75) is 6.92 Å². The van der Waals surface area contributed by atoms with Gasteiger partial charge in [-0.2, -0.15) is 0 Å². The molecule has 0 aliphatic heterocycles. The molecule has 0 saturated carbocycles. The van der Waals surface area contributed by atoms with Crippen molar-refractivity contribution in [3.8, 4) is 28.1 Å². The van der Waals surface area contributed by atoms with Gasteiger partial charge in [-0.25, -0.2) is 18.6 Å². The molecule has 3 N–H and O–H groups in total. The number of benzene rings is 3. The van der Waals surface area contributed by atoms with Gasteiger partial charge in [-0.15, -0.1) is 11.3 Å². The second kappa shape index (κ2) is 9.41. The Balaban J connectivity index is 1.58. The third-order valence-electron chi connectivity index (χ3n) is 6.35. The Morgan fingerprint density at radius 2 is 1.74 bits per heavy atom. The Labute approximate surface area is 223 Å². The lowest BCUT2D eigenvalue weighted by molar-refractivity contribution is -0.672. The van der Waals surface area contributed by atoms with Crippen molar-refractivity contribution in [1.29, 1.82) is 0 Å². The third-order valence-corrected chi connectivity index (χ3v) is 7.45. The summed E-state index contributed by atoms with van der Waals surface area (Å²) in [7, 11) is 0. The molecule has 7 nitrogen and oxygen atoms in total. The van der Waals surface area contributed by atoms with Crippen molar-refractivity contribution in [2.75, 3.05) is 5.73 Å². The Morgan fingerprint density at radius 3 is 2.46 bits per heavy atom. The minimum absolute atomic E-state index is 0.0295. The number of thiophene rings is 1. The first-order valence-corrected chi connectivity index (χ1v) is 12.6. The number of fused-ring (bicyclic) bond motifs is 1. The van der Waals surface area contributed by atoms with Crippen LogP contribution >= 0.6 is 11.3 Å². The van der Waals surface area contributed by atoms with E-state index in [1.807, 2.05) is 49.4 Å². The van der Waals surface area contributed by atoms with Gasteiger partial charge in [-0.05, 0) is 40.6 Å². The number of aromatic nitrogens is 3. The minimum atomic E-state index is -0.875. The topological polar surface area (TPSA) is 106 Å². The second-order valence-electron chi connectivity index (χ2n) is 8.90. The molecule has 0 bridgehead atoms. The SMILES string of the molecule is Cc1ccc(-[n+]2[nH]oc(=O)c2C(=O)c2sc3nc(-c4ccccc4)cc(-c4ccc(F)cc4F)c3c2N)cc1. The predicted octanol–water partition coefficient (Wildman–Crippen LogP) is 5.59. The number of aryl methyl sites for hydroxylation is 1. The van der Waals surface area contributed by atoms with Crippen molar-refractivity contribution >= 4 is 33.0 Å². The van der Waals surface area contributed by atoms with Crippen molar-refractivity contribution in [1.82, 2.24) is 10.3 Å². The van der Waals surface area contributed by atoms with Gasteiger partial charge in [0.25, 0.3) is 5.78 Å². The quantitative estimate of drug-likeness (QED) is 0.219. The number of rotatable bonds is 5. The zero-order chi connectivity index (χ0) is 27.3. The fraction of sp³-hybridized carbons (Fsp3) is 0.0345. The Bertz CT molecular complexity index is 1940. The van der Waals surface area contributed by atoms with Gasteiger partial charge in [0.15, 0.2) is 0 Å². The molecule has 3 aromatic carbocycles. The molecule has 3 aromatic heterocycles. The lowest BCUT2D eigenvalue weighted by Crippen LogP contribution is -2.41. The normalized spacial score (nSPS) is 11.3. The number of nitrogens with zero attached hydrogens (tertiary/aromatic N) is 2. The molecule has 0 unspecified atom stereocenters. The summed E-state index contributed by atoms with van der Waals surface area (Å²) in [5, 5.41) is 2.79. The summed E-state index contributed by atoms with van der Waals surface area (Å²) in [5.74, 6) is -2.19. The Morgan fingerprint density at radius 1 is 1.00 bits per heavy atom. The van der Waals surface area contributed by atoms with Crippen LogP contribution in [0.4, 0.5) is 14.5 Å². The summed E-state index contributed by atoms with van der Waals surface area (Å²) in [6, 6.07) is 21.3. The highest BCUT2D eigenvalue weighted by molar-refractivity contribution is 7.21. The van der Waals surface area contributed by atoms with Gasteiger partial charge < -0.3 is 5.73 Å². The molecule has 0 atom stereocenters. The number of hydrogen-bond acceptors (Lipinski definition) is 6. The molecule has 0 radical (unpaired) electrons. The summed E-state index contributed by atoms with van der Waals surface area (Å²) in [4.78, 5) is 31.5. The van der Waals surface area contributed by atoms with Gasteiger partial charge in [0, 0.05) is 34.7 Å². The molecule has 10 heteroatoms. The second-order valence-corrected chi connectivity index (χ2v) is 9.90. The van der Waals surface area contributed by atoms with Gasteiger partial charge in [-0.3, -0.25) is 9.32 Å². The van der Waals surface area contributed by atoms with E-state index < -0.39 is 23.0 Å². The number of carbonyl (C=O) groups excluding carboxylic acids is 1. The first kappa shape index (κ1) is 24.4. The first-order chi connectivity index (χ1) is 18.8. The minimum Gasteiger partial charge on any atom is -0.397 e.